The molecule has 0 saturated heterocycles. The number of nitrogens with zero attached hydrogens (tertiary/aromatic N) is 18. The molecule has 33 heteroatoms. The SMILES string of the molecule is Cc1ccc(O)c(-n2cc(C(O)(c3ccc(-c4cc(C)c(-n5cc(C(O)(c6ccc(-c7cc(C)c(-n8cc(C(O)(c9cc(C(F)(F)F)cc(C(F)(F)F)c9)c9cn(-c%10c(C)cccc%10O)nn9)nn8)c(O)c7)cc6)c6cn(-c7c(C)cccc7O)nn6)nn5)c(O)c4)cc3)c3cn(-c4cc(C)ccc4O)nn3)nn2)c1. The summed E-state index contributed by atoms with van der Waals surface area (Å²) in [6.45, 7) is 10.3. The van der Waals surface area contributed by atoms with E-state index in [2.05, 4.69) is 61.9 Å². The Balaban J connectivity index is 0.754. The molecular weight excluding hydrogens is 1430 g/mol. The number of hydrogen-bond acceptors (Lipinski definition) is 21. The van der Waals surface area contributed by atoms with Gasteiger partial charge in [0.2, 0.25) is 0 Å². The molecule has 554 valence electrons. The number of phenols is 6. The van der Waals surface area contributed by atoms with Crippen LogP contribution in [-0.4, -0.2) is 136 Å². The maximum absolute atomic E-state index is 14.5. The summed E-state index contributed by atoms with van der Waals surface area (Å²) in [6, 6.07) is 38.8. The molecule has 15 aromatic rings. The van der Waals surface area contributed by atoms with Gasteiger partial charge in [-0.2, -0.15) is 26.3 Å². The quantitative estimate of drug-likeness (QED) is 0.0382. The van der Waals surface area contributed by atoms with E-state index in [1.165, 1.54) is 86.0 Å². The van der Waals surface area contributed by atoms with E-state index in [1.54, 1.807) is 131 Å². The highest BCUT2D eigenvalue weighted by Crippen LogP contribution is 2.46. The molecule has 0 amide bonds. The molecule has 6 aromatic heterocycles. The van der Waals surface area contributed by atoms with Crippen molar-refractivity contribution in [1.29, 1.82) is 0 Å². The van der Waals surface area contributed by atoms with E-state index in [1.807, 2.05) is 13.8 Å². The normalized spacial score (nSPS) is 13.2. The minimum Gasteiger partial charge on any atom is -0.506 e. The fraction of sp³-hybridized carbons (Fsp3) is 0.143. The van der Waals surface area contributed by atoms with E-state index in [-0.39, 0.29) is 97.0 Å². The second-order valence-electron chi connectivity index (χ2n) is 26.6. The molecule has 0 spiro atoms. The van der Waals surface area contributed by atoms with Gasteiger partial charge in [0, 0.05) is 0 Å². The van der Waals surface area contributed by atoms with Crippen molar-refractivity contribution in [2.24, 2.45) is 0 Å². The van der Waals surface area contributed by atoms with Gasteiger partial charge in [-0.1, -0.05) is 116 Å². The van der Waals surface area contributed by atoms with Crippen molar-refractivity contribution in [3.63, 3.8) is 0 Å². The first-order valence-corrected chi connectivity index (χ1v) is 33.4. The van der Waals surface area contributed by atoms with Gasteiger partial charge in [0.1, 0.15) is 103 Å². The molecule has 15 rings (SSSR count). The lowest BCUT2D eigenvalue weighted by Crippen LogP contribution is -2.31. The molecule has 2 unspecified atom stereocenters. The zero-order valence-electron chi connectivity index (χ0n) is 58.4. The van der Waals surface area contributed by atoms with Crippen LogP contribution in [0.3, 0.4) is 0 Å². The molecule has 0 bridgehead atoms. The lowest BCUT2D eigenvalue weighted by atomic mass is 9.85. The lowest BCUT2D eigenvalue weighted by molar-refractivity contribution is -0.143. The summed E-state index contributed by atoms with van der Waals surface area (Å²) in [5, 5.41) is 157. The Morgan fingerprint density at radius 1 is 0.264 bits per heavy atom. The molecule has 0 saturated carbocycles. The second-order valence-corrected chi connectivity index (χ2v) is 26.6. The highest BCUT2D eigenvalue weighted by Gasteiger charge is 2.47. The first-order valence-electron chi connectivity index (χ1n) is 33.4. The van der Waals surface area contributed by atoms with Gasteiger partial charge < -0.3 is 46.0 Å². The molecule has 0 aliphatic rings. The summed E-state index contributed by atoms with van der Waals surface area (Å²) in [5.74, 6) is -1.39. The molecule has 2 atom stereocenters. The van der Waals surface area contributed by atoms with Crippen LogP contribution in [0.4, 0.5) is 26.3 Å². The molecule has 9 N–H and O–H groups in total. The standard InChI is InChI=1S/C77H60F6N18O9/c1-40-13-23-57(102)55(25-40)96-34-63(84-90-96)73(108,64-35-97(91-85-64)56-26-41(2)14-24-58(56)103)50-19-15-46(16-20-50)48-27-44(5)71(61(106)29-48)100-37-66(87-94-100)74(109,65-36-98(92-86-65)69-42(3)9-7-11-59(69)104)51-21-17-47(18-22-51)49-28-45(6)72(62(107)30-49)101-39-68(89-95-101)75(110,52-31-53(76(78,79)80)33-54(32-52)77(81,82)83)67-38-99(93-88-67)70-43(4)10-8-12-60(70)105/h7-39,102-110H,1-6H3. The monoisotopic (exact) mass is 1490 g/mol. The van der Waals surface area contributed by atoms with Gasteiger partial charge in [-0.05, 0) is 193 Å². The fourth-order valence-electron chi connectivity index (χ4n) is 13.5. The van der Waals surface area contributed by atoms with Crippen LogP contribution < -0.4 is 0 Å². The third-order valence-corrected chi connectivity index (χ3v) is 19.1. The van der Waals surface area contributed by atoms with Gasteiger partial charge in [-0.15, -0.1) is 30.6 Å². The molecule has 0 radical (unpaired) electrons. The number of rotatable bonds is 17. The molecule has 110 heavy (non-hydrogen) atoms. The summed E-state index contributed by atoms with van der Waals surface area (Å²) in [7, 11) is 0. The number of alkyl halides is 6. The zero-order valence-corrected chi connectivity index (χ0v) is 58.4. The summed E-state index contributed by atoms with van der Waals surface area (Å²) >= 11 is 0. The van der Waals surface area contributed by atoms with Crippen LogP contribution in [0.2, 0.25) is 0 Å². The predicted molar refractivity (Wildman–Crippen MR) is 380 cm³/mol. The van der Waals surface area contributed by atoms with E-state index in [9.17, 15) is 72.3 Å². The van der Waals surface area contributed by atoms with Gasteiger partial charge in [-0.3, -0.25) is 0 Å². The number of phenolic OH excluding ortho intramolecular Hbond substituents is 6. The highest BCUT2D eigenvalue weighted by molar-refractivity contribution is 5.73. The third-order valence-electron chi connectivity index (χ3n) is 19.1. The Labute approximate surface area is 617 Å². The van der Waals surface area contributed by atoms with Crippen LogP contribution >= 0.6 is 0 Å². The summed E-state index contributed by atoms with van der Waals surface area (Å²) in [5.41, 5.74) is -6.85. The molecule has 0 fully saturated rings. The van der Waals surface area contributed by atoms with Crippen molar-refractivity contribution in [2.45, 2.75) is 70.7 Å². The molecule has 0 aliphatic carbocycles. The van der Waals surface area contributed by atoms with Crippen LogP contribution in [0.15, 0.2) is 201 Å². The van der Waals surface area contributed by atoms with Crippen LogP contribution in [0, 0.1) is 41.5 Å². The van der Waals surface area contributed by atoms with Crippen molar-refractivity contribution in [2.75, 3.05) is 0 Å². The van der Waals surface area contributed by atoms with Gasteiger partial charge in [0.15, 0.2) is 16.8 Å². The Morgan fingerprint density at radius 3 is 0.864 bits per heavy atom. The predicted octanol–water partition coefficient (Wildman–Crippen LogP) is 11.5. The molecule has 9 aromatic carbocycles. The van der Waals surface area contributed by atoms with Gasteiger partial charge in [0.25, 0.3) is 0 Å². The number of aryl methyl sites for hydroxylation is 6. The molecular formula is C77H60F6N18O9. The molecule has 6 heterocycles. The Hall–Kier alpha value is -13.9. The first kappa shape index (κ1) is 71.7. The Bertz CT molecular complexity index is 5900. The van der Waals surface area contributed by atoms with E-state index in [4.69, 9.17) is 0 Å². The van der Waals surface area contributed by atoms with E-state index < -0.39 is 63.0 Å². The van der Waals surface area contributed by atoms with E-state index >= 15 is 0 Å². The number of halogens is 6. The number of para-hydroxylation sites is 2. The minimum absolute atomic E-state index is 0.00435. The van der Waals surface area contributed by atoms with Crippen LogP contribution in [0.25, 0.3) is 56.4 Å². The van der Waals surface area contributed by atoms with Gasteiger partial charge in [0.05, 0.1) is 48.3 Å². The van der Waals surface area contributed by atoms with E-state index in [0.717, 1.165) is 32.9 Å². The fourth-order valence-corrected chi connectivity index (χ4v) is 13.5. The van der Waals surface area contributed by atoms with Crippen molar-refractivity contribution >= 4 is 0 Å². The van der Waals surface area contributed by atoms with Gasteiger partial charge in [-0.25, -0.2) is 28.1 Å². The van der Waals surface area contributed by atoms with Crippen LogP contribution in [0.1, 0.15) is 95.4 Å². The Kier molecular flexibility index (Phi) is 17.3. The number of aromatic nitrogens is 18. The second kappa shape index (κ2) is 26.5. The largest absolute Gasteiger partial charge is 0.506 e. The summed E-state index contributed by atoms with van der Waals surface area (Å²) < 4.78 is 93.9. The summed E-state index contributed by atoms with van der Waals surface area (Å²) in [6.07, 6.45) is -3.01. The first-order chi connectivity index (χ1) is 52.3. The zero-order chi connectivity index (χ0) is 77.8. The van der Waals surface area contributed by atoms with Crippen molar-refractivity contribution < 1.29 is 72.3 Å². The molecule has 0 aliphatic heterocycles. The van der Waals surface area contributed by atoms with Crippen molar-refractivity contribution in [1.82, 2.24) is 90.0 Å². The third kappa shape index (κ3) is 12.4. The minimum atomic E-state index is -5.35. The summed E-state index contributed by atoms with van der Waals surface area (Å²) in [4.78, 5) is 0. The number of aromatic hydroxyl groups is 6. The molecule has 27 nitrogen and oxygen atoms in total. The average molecular weight is 1500 g/mol. The van der Waals surface area contributed by atoms with Gasteiger partial charge >= 0.3 is 12.4 Å². The highest BCUT2D eigenvalue weighted by atomic mass is 19.4. The van der Waals surface area contributed by atoms with Crippen molar-refractivity contribution in [3.8, 4) is 90.9 Å². The number of aliphatic hydroxyl groups is 3. The maximum atomic E-state index is 14.5. The smallest absolute Gasteiger partial charge is 0.416 e. The van der Waals surface area contributed by atoms with Crippen LogP contribution in [-0.2, 0) is 29.2 Å². The van der Waals surface area contributed by atoms with E-state index in [0.29, 0.717) is 62.5 Å². The van der Waals surface area contributed by atoms with Crippen molar-refractivity contribution in [3.05, 3.63) is 296 Å². The Morgan fingerprint density at radius 2 is 0.555 bits per heavy atom. The number of hydrogen-bond donors (Lipinski definition) is 9. The topological polar surface area (TPSA) is 366 Å². The number of benzene rings is 9. The average Bonchev–Trinajstić information content (AvgIpc) is 1.55. The maximum Gasteiger partial charge on any atom is 0.416 e. The lowest BCUT2D eigenvalue weighted by Gasteiger charge is -2.26. The van der Waals surface area contributed by atoms with Crippen LogP contribution in [0.5, 0.6) is 34.5 Å².